The van der Waals surface area contributed by atoms with Crippen LogP contribution in [0.5, 0.6) is 0 Å². The van der Waals surface area contributed by atoms with E-state index in [1.165, 1.54) is 0 Å². The van der Waals surface area contributed by atoms with Crippen LogP contribution in [0.25, 0.3) is 0 Å². The number of ether oxygens (including phenoxy) is 1. The van der Waals surface area contributed by atoms with Gasteiger partial charge in [-0.15, -0.1) is 0 Å². The summed E-state index contributed by atoms with van der Waals surface area (Å²) < 4.78 is 5.70. The fourth-order valence-electron chi connectivity index (χ4n) is 2.65. The molecule has 2 heterocycles. The summed E-state index contributed by atoms with van der Waals surface area (Å²) in [6, 6.07) is 3.89. The van der Waals surface area contributed by atoms with Gasteiger partial charge in [-0.25, -0.2) is 0 Å². The van der Waals surface area contributed by atoms with Gasteiger partial charge in [0.15, 0.2) is 0 Å². The quantitative estimate of drug-likeness (QED) is 0.835. The summed E-state index contributed by atoms with van der Waals surface area (Å²) in [5.74, 6) is 0.217. The van der Waals surface area contributed by atoms with Crippen LogP contribution in [0.4, 0.5) is 0 Å². The highest BCUT2D eigenvalue weighted by Crippen LogP contribution is 2.25. The van der Waals surface area contributed by atoms with E-state index < -0.39 is 0 Å². The van der Waals surface area contributed by atoms with Crippen molar-refractivity contribution in [2.45, 2.75) is 38.8 Å². The van der Waals surface area contributed by atoms with Gasteiger partial charge in [0.25, 0.3) is 0 Å². The maximum Gasteiger partial charge on any atom is 0.228 e. The molecule has 1 saturated heterocycles. The van der Waals surface area contributed by atoms with Crippen molar-refractivity contribution in [1.29, 1.82) is 0 Å². The van der Waals surface area contributed by atoms with Crippen LogP contribution in [0, 0.1) is 5.92 Å². The van der Waals surface area contributed by atoms with Gasteiger partial charge in [-0.1, -0.05) is 6.92 Å². The molecule has 1 aliphatic rings. The number of pyridine rings is 1. The molecule has 1 amide bonds. The summed E-state index contributed by atoms with van der Waals surface area (Å²) in [5.41, 5.74) is 1.11. The van der Waals surface area contributed by atoms with E-state index in [2.05, 4.69) is 11.9 Å². The first kappa shape index (κ1) is 14.0. The van der Waals surface area contributed by atoms with Gasteiger partial charge in [0.1, 0.15) is 0 Å². The number of carbonyl (C=O) groups is 1. The molecule has 0 aliphatic carbocycles. The molecule has 0 radical (unpaired) electrons. The lowest BCUT2D eigenvalue weighted by Crippen LogP contribution is -2.41. The zero-order valence-corrected chi connectivity index (χ0v) is 11.7. The van der Waals surface area contributed by atoms with Crippen LogP contribution in [0.3, 0.4) is 0 Å². The van der Waals surface area contributed by atoms with E-state index in [0.717, 1.165) is 31.4 Å². The molecule has 4 heteroatoms. The Morgan fingerprint density at radius 2 is 2.21 bits per heavy atom. The molecule has 2 unspecified atom stereocenters. The standard InChI is InChI=1S/C15H22N2O2/c1-3-14-13(5-4-10-19-14)15(18)17(2)11-12-6-8-16-9-7-12/h6-9,13-14H,3-5,10-11H2,1-2H3. The third-order valence-corrected chi connectivity index (χ3v) is 3.71. The molecule has 104 valence electrons. The molecule has 1 aromatic rings. The second-order valence-corrected chi connectivity index (χ2v) is 5.12. The van der Waals surface area contributed by atoms with E-state index in [-0.39, 0.29) is 17.9 Å². The van der Waals surface area contributed by atoms with Crippen molar-refractivity contribution >= 4 is 5.91 Å². The van der Waals surface area contributed by atoms with E-state index in [1.54, 1.807) is 17.3 Å². The van der Waals surface area contributed by atoms with Crippen molar-refractivity contribution in [3.8, 4) is 0 Å². The molecule has 1 fully saturated rings. The summed E-state index contributed by atoms with van der Waals surface area (Å²) in [4.78, 5) is 18.3. The highest BCUT2D eigenvalue weighted by molar-refractivity contribution is 5.79. The number of hydrogen-bond acceptors (Lipinski definition) is 3. The van der Waals surface area contributed by atoms with E-state index >= 15 is 0 Å². The first-order chi connectivity index (χ1) is 9.22. The molecule has 0 N–H and O–H groups in total. The lowest BCUT2D eigenvalue weighted by atomic mass is 9.91. The normalized spacial score (nSPS) is 23.1. The largest absolute Gasteiger partial charge is 0.377 e. The zero-order chi connectivity index (χ0) is 13.7. The van der Waals surface area contributed by atoms with Crippen molar-refractivity contribution < 1.29 is 9.53 Å². The third kappa shape index (κ3) is 3.53. The lowest BCUT2D eigenvalue weighted by Gasteiger charge is -2.33. The van der Waals surface area contributed by atoms with Gasteiger partial charge in [-0.3, -0.25) is 9.78 Å². The van der Waals surface area contributed by atoms with Gasteiger partial charge in [-0.05, 0) is 37.0 Å². The molecule has 19 heavy (non-hydrogen) atoms. The van der Waals surface area contributed by atoms with E-state index in [9.17, 15) is 4.79 Å². The van der Waals surface area contributed by atoms with Gasteiger partial charge >= 0.3 is 0 Å². The predicted octanol–water partition coefficient (Wildman–Crippen LogP) is 2.25. The molecular formula is C15H22N2O2. The second kappa shape index (κ2) is 6.66. The molecule has 2 rings (SSSR count). The van der Waals surface area contributed by atoms with Gasteiger partial charge in [-0.2, -0.15) is 0 Å². The Kier molecular flexibility index (Phi) is 4.91. The monoisotopic (exact) mass is 262 g/mol. The SMILES string of the molecule is CCC1OCCCC1C(=O)N(C)Cc1ccncc1. The van der Waals surface area contributed by atoms with E-state index in [1.807, 2.05) is 19.2 Å². The first-order valence-corrected chi connectivity index (χ1v) is 6.98. The Hall–Kier alpha value is -1.42. The first-order valence-electron chi connectivity index (χ1n) is 6.98. The van der Waals surface area contributed by atoms with Gasteiger partial charge in [0.2, 0.25) is 5.91 Å². The number of rotatable bonds is 4. The molecule has 1 aromatic heterocycles. The lowest BCUT2D eigenvalue weighted by molar-refractivity contribution is -0.144. The molecule has 1 aliphatic heterocycles. The number of amides is 1. The van der Waals surface area contributed by atoms with Gasteiger partial charge in [0, 0.05) is 32.6 Å². The summed E-state index contributed by atoms with van der Waals surface area (Å²) in [6.45, 7) is 3.50. The van der Waals surface area contributed by atoms with Crippen molar-refractivity contribution in [3.63, 3.8) is 0 Å². The predicted molar refractivity (Wildman–Crippen MR) is 73.5 cm³/mol. The molecule has 0 saturated carbocycles. The van der Waals surface area contributed by atoms with Crippen LogP contribution in [0.1, 0.15) is 31.7 Å². The molecule has 0 spiro atoms. The Balaban J connectivity index is 1.98. The van der Waals surface area contributed by atoms with Crippen LogP contribution >= 0.6 is 0 Å². The molecule has 0 aromatic carbocycles. The number of carbonyl (C=O) groups excluding carboxylic acids is 1. The maximum atomic E-state index is 12.5. The van der Waals surface area contributed by atoms with Crippen LogP contribution in [0.15, 0.2) is 24.5 Å². The van der Waals surface area contributed by atoms with E-state index in [0.29, 0.717) is 6.54 Å². The highest BCUT2D eigenvalue weighted by Gasteiger charge is 2.32. The topological polar surface area (TPSA) is 42.4 Å². The number of aromatic nitrogens is 1. The minimum atomic E-state index is 0.0191. The Labute approximate surface area is 114 Å². The summed E-state index contributed by atoms with van der Waals surface area (Å²) in [7, 11) is 1.87. The molecular weight excluding hydrogens is 240 g/mol. The van der Waals surface area contributed by atoms with Crippen LogP contribution in [-0.2, 0) is 16.1 Å². The Morgan fingerprint density at radius 3 is 2.89 bits per heavy atom. The van der Waals surface area contributed by atoms with Gasteiger partial charge < -0.3 is 9.64 Å². The minimum absolute atomic E-state index is 0.0191. The summed E-state index contributed by atoms with van der Waals surface area (Å²) >= 11 is 0. The molecule has 2 atom stereocenters. The third-order valence-electron chi connectivity index (χ3n) is 3.71. The smallest absolute Gasteiger partial charge is 0.228 e. The van der Waals surface area contributed by atoms with Crippen LogP contribution in [-0.4, -0.2) is 35.5 Å². The summed E-state index contributed by atoms with van der Waals surface area (Å²) in [6.07, 6.45) is 6.42. The molecule has 4 nitrogen and oxygen atoms in total. The van der Waals surface area contributed by atoms with Crippen molar-refractivity contribution in [2.75, 3.05) is 13.7 Å². The van der Waals surface area contributed by atoms with E-state index in [4.69, 9.17) is 4.74 Å². The number of hydrogen-bond donors (Lipinski definition) is 0. The summed E-state index contributed by atoms with van der Waals surface area (Å²) in [5, 5.41) is 0. The van der Waals surface area contributed by atoms with Crippen molar-refractivity contribution in [3.05, 3.63) is 30.1 Å². The average molecular weight is 262 g/mol. The highest BCUT2D eigenvalue weighted by atomic mass is 16.5. The fraction of sp³-hybridized carbons (Fsp3) is 0.600. The fourth-order valence-corrected chi connectivity index (χ4v) is 2.65. The van der Waals surface area contributed by atoms with Crippen molar-refractivity contribution in [1.82, 2.24) is 9.88 Å². The van der Waals surface area contributed by atoms with Gasteiger partial charge in [0.05, 0.1) is 12.0 Å². The number of nitrogens with zero attached hydrogens (tertiary/aromatic N) is 2. The maximum absolute atomic E-state index is 12.5. The second-order valence-electron chi connectivity index (χ2n) is 5.12. The van der Waals surface area contributed by atoms with Crippen molar-refractivity contribution in [2.24, 2.45) is 5.92 Å². The minimum Gasteiger partial charge on any atom is -0.377 e. The van der Waals surface area contributed by atoms with Crippen LogP contribution in [0.2, 0.25) is 0 Å². The Morgan fingerprint density at radius 1 is 1.47 bits per heavy atom. The Bertz CT molecular complexity index is 408. The van der Waals surface area contributed by atoms with Crippen LogP contribution < -0.4 is 0 Å². The zero-order valence-electron chi connectivity index (χ0n) is 11.7. The molecule has 0 bridgehead atoms. The average Bonchev–Trinajstić information content (AvgIpc) is 2.47.